The van der Waals surface area contributed by atoms with Gasteiger partial charge in [0.2, 0.25) is 0 Å². The first-order valence-corrected chi connectivity index (χ1v) is 7.31. The summed E-state index contributed by atoms with van der Waals surface area (Å²) in [5.41, 5.74) is 3.31. The lowest BCUT2D eigenvalue weighted by molar-refractivity contribution is 0.357. The first kappa shape index (κ1) is 13.9. The first-order chi connectivity index (χ1) is 9.97. The summed E-state index contributed by atoms with van der Waals surface area (Å²) in [6.45, 7) is 7.25. The molecule has 0 radical (unpaired) electrons. The zero-order chi connectivity index (χ0) is 15.0. The fraction of sp³-hybridized carbons (Fsp3) is 0.412. The van der Waals surface area contributed by atoms with Crippen LogP contribution < -0.4 is 10.1 Å². The van der Waals surface area contributed by atoms with Crippen molar-refractivity contribution < 1.29 is 4.74 Å². The van der Waals surface area contributed by atoms with Crippen molar-refractivity contribution in [1.82, 2.24) is 9.97 Å². The summed E-state index contributed by atoms with van der Waals surface area (Å²) in [4.78, 5) is 9.35. The molecule has 0 spiro atoms. The van der Waals surface area contributed by atoms with Crippen LogP contribution in [0.5, 0.6) is 5.75 Å². The summed E-state index contributed by atoms with van der Waals surface area (Å²) in [5.74, 6) is 2.60. The molecule has 0 bridgehead atoms. The Balaban J connectivity index is 2.09. The molecule has 4 nitrogen and oxygen atoms in total. The molecule has 0 unspecified atom stereocenters. The molecule has 1 aromatic heterocycles. The van der Waals surface area contributed by atoms with E-state index in [0.717, 1.165) is 41.7 Å². The second kappa shape index (κ2) is 5.02. The first-order valence-electron chi connectivity index (χ1n) is 7.31. The molecule has 2 heterocycles. The van der Waals surface area contributed by atoms with E-state index in [1.807, 2.05) is 25.2 Å². The number of benzene rings is 1. The van der Waals surface area contributed by atoms with Crippen LogP contribution in [-0.4, -0.2) is 23.6 Å². The Hall–Kier alpha value is -2.10. The van der Waals surface area contributed by atoms with Gasteiger partial charge in [-0.1, -0.05) is 20.8 Å². The molecule has 1 aromatic carbocycles. The van der Waals surface area contributed by atoms with E-state index in [2.05, 4.69) is 37.1 Å². The molecule has 0 amide bonds. The van der Waals surface area contributed by atoms with Gasteiger partial charge in [0, 0.05) is 30.5 Å². The van der Waals surface area contributed by atoms with Crippen molar-refractivity contribution in [2.45, 2.75) is 32.6 Å². The topological polar surface area (TPSA) is 47.0 Å². The lowest BCUT2D eigenvalue weighted by Crippen LogP contribution is -2.15. The monoisotopic (exact) mass is 283 g/mol. The number of fused-ring (bicyclic) bond motifs is 1. The van der Waals surface area contributed by atoms with Gasteiger partial charge in [-0.3, -0.25) is 0 Å². The summed E-state index contributed by atoms with van der Waals surface area (Å²) in [6, 6.07) is 8.21. The maximum atomic E-state index is 5.56. The minimum Gasteiger partial charge on any atom is -0.493 e. The smallest absolute Gasteiger partial charge is 0.161 e. The van der Waals surface area contributed by atoms with Crippen molar-refractivity contribution in [3.05, 3.63) is 35.5 Å². The van der Waals surface area contributed by atoms with Crippen LogP contribution in [0.25, 0.3) is 11.4 Å². The van der Waals surface area contributed by atoms with E-state index in [-0.39, 0.29) is 5.41 Å². The van der Waals surface area contributed by atoms with E-state index >= 15 is 0 Å². The quantitative estimate of drug-likeness (QED) is 0.917. The molecule has 0 saturated heterocycles. The van der Waals surface area contributed by atoms with Crippen molar-refractivity contribution in [1.29, 1.82) is 0 Å². The van der Waals surface area contributed by atoms with Gasteiger partial charge in [0.15, 0.2) is 5.82 Å². The van der Waals surface area contributed by atoms with Crippen LogP contribution in [-0.2, 0) is 11.8 Å². The van der Waals surface area contributed by atoms with Crippen LogP contribution in [0.15, 0.2) is 24.3 Å². The van der Waals surface area contributed by atoms with E-state index in [4.69, 9.17) is 9.72 Å². The van der Waals surface area contributed by atoms with Crippen molar-refractivity contribution in [2.24, 2.45) is 0 Å². The molecule has 3 rings (SSSR count). The van der Waals surface area contributed by atoms with Gasteiger partial charge < -0.3 is 10.1 Å². The van der Waals surface area contributed by atoms with Gasteiger partial charge in [0.05, 0.1) is 12.3 Å². The SMILES string of the molecule is CNc1cc(C(C)(C)C)nc(-c2ccc3c(c2)CCO3)n1. The Labute approximate surface area is 125 Å². The number of hydrogen-bond acceptors (Lipinski definition) is 4. The molecular weight excluding hydrogens is 262 g/mol. The van der Waals surface area contributed by atoms with Crippen molar-refractivity contribution >= 4 is 5.82 Å². The second-order valence-corrected chi connectivity index (χ2v) is 6.38. The van der Waals surface area contributed by atoms with Gasteiger partial charge in [0.1, 0.15) is 11.6 Å². The van der Waals surface area contributed by atoms with E-state index in [1.54, 1.807) is 0 Å². The van der Waals surface area contributed by atoms with Gasteiger partial charge in [-0.25, -0.2) is 9.97 Å². The Morgan fingerprint density at radius 3 is 2.67 bits per heavy atom. The maximum absolute atomic E-state index is 5.56. The summed E-state index contributed by atoms with van der Waals surface area (Å²) in [7, 11) is 1.88. The largest absolute Gasteiger partial charge is 0.493 e. The van der Waals surface area contributed by atoms with Gasteiger partial charge >= 0.3 is 0 Å². The normalized spacial score (nSPS) is 13.7. The molecule has 0 saturated carbocycles. The average Bonchev–Trinajstić information content (AvgIpc) is 2.93. The molecule has 110 valence electrons. The number of anilines is 1. The van der Waals surface area contributed by atoms with Crippen molar-refractivity contribution in [2.75, 3.05) is 19.0 Å². The molecule has 4 heteroatoms. The highest BCUT2D eigenvalue weighted by Crippen LogP contribution is 2.31. The maximum Gasteiger partial charge on any atom is 0.161 e. The molecule has 0 aliphatic carbocycles. The molecule has 2 aromatic rings. The lowest BCUT2D eigenvalue weighted by atomic mass is 9.91. The third-order valence-corrected chi connectivity index (χ3v) is 3.70. The average molecular weight is 283 g/mol. The van der Waals surface area contributed by atoms with Gasteiger partial charge in [0.25, 0.3) is 0 Å². The van der Waals surface area contributed by atoms with Crippen LogP contribution >= 0.6 is 0 Å². The Bertz CT molecular complexity index is 674. The molecule has 1 aliphatic rings. The van der Waals surface area contributed by atoms with Gasteiger partial charge in [-0.2, -0.15) is 0 Å². The van der Waals surface area contributed by atoms with E-state index in [0.29, 0.717) is 0 Å². The predicted molar refractivity (Wildman–Crippen MR) is 84.9 cm³/mol. The molecular formula is C17H21N3O. The Kier molecular flexibility index (Phi) is 3.32. The van der Waals surface area contributed by atoms with E-state index in [1.165, 1.54) is 5.56 Å². The zero-order valence-electron chi connectivity index (χ0n) is 13.0. The number of nitrogens with zero attached hydrogens (tertiary/aromatic N) is 2. The number of hydrogen-bond donors (Lipinski definition) is 1. The lowest BCUT2D eigenvalue weighted by Gasteiger charge is -2.19. The van der Waals surface area contributed by atoms with Crippen LogP contribution in [0.4, 0.5) is 5.82 Å². The van der Waals surface area contributed by atoms with Crippen LogP contribution in [0.3, 0.4) is 0 Å². The fourth-order valence-electron chi connectivity index (χ4n) is 2.41. The molecule has 1 aliphatic heterocycles. The zero-order valence-corrected chi connectivity index (χ0v) is 13.0. The minimum atomic E-state index is -0.0108. The minimum absolute atomic E-state index is 0.0108. The summed E-state index contributed by atoms with van der Waals surface area (Å²) < 4.78 is 5.56. The van der Waals surface area contributed by atoms with Crippen LogP contribution in [0.1, 0.15) is 32.0 Å². The summed E-state index contributed by atoms with van der Waals surface area (Å²) >= 11 is 0. The third kappa shape index (κ3) is 2.71. The molecule has 0 fully saturated rings. The predicted octanol–water partition coefficient (Wildman–Crippen LogP) is 3.42. The standard InChI is InChI=1S/C17H21N3O/c1-17(2,3)14-10-15(18-4)20-16(19-14)12-5-6-13-11(9-12)7-8-21-13/h5-6,9-10H,7-8H2,1-4H3,(H,18,19,20). The fourth-order valence-corrected chi connectivity index (χ4v) is 2.41. The number of nitrogens with one attached hydrogen (secondary N) is 1. The summed E-state index contributed by atoms with van der Waals surface area (Å²) in [6.07, 6.45) is 0.959. The highest BCUT2D eigenvalue weighted by molar-refractivity contribution is 5.61. The molecule has 0 atom stereocenters. The number of ether oxygens (including phenoxy) is 1. The van der Waals surface area contributed by atoms with Crippen molar-refractivity contribution in [3.8, 4) is 17.1 Å². The highest BCUT2D eigenvalue weighted by Gasteiger charge is 2.19. The summed E-state index contributed by atoms with van der Waals surface area (Å²) in [5, 5.41) is 3.13. The van der Waals surface area contributed by atoms with Crippen LogP contribution in [0.2, 0.25) is 0 Å². The van der Waals surface area contributed by atoms with Gasteiger partial charge in [-0.05, 0) is 23.8 Å². The van der Waals surface area contributed by atoms with E-state index < -0.39 is 0 Å². The number of rotatable bonds is 2. The van der Waals surface area contributed by atoms with Crippen LogP contribution in [0, 0.1) is 0 Å². The van der Waals surface area contributed by atoms with Gasteiger partial charge in [-0.15, -0.1) is 0 Å². The molecule has 1 N–H and O–H groups in total. The molecule has 21 heavy (non-hydrogen) atoms. The Morgan fingerprint density at radius 2 is 1.95 bits per heavy atom. The Morgan fingerprint density at radius 1 is 1.14 bits per heavy atom. The second-order valence-electron chi connectivity index (χ2n) is 6.38. The van der Waals surface area contributed by atoms with E-state index in [9.17, 15) is 0 Å². The third-order valence-electron chi connectivity index (χ3n) is 3.70. The van der Waals surface area contributed by atoms with Crippen molar-refractivity contribution in [3.63, 3.8) is 0 Å². The number of aromatic nitrogens is 2. The highest BCUT2D eigenvalue weighted by atomic mass is 16.5.